The summed E-state index contributed by atoms with van der Waals surface area (Å²) in [4.78, 5) is 0. The Bertz CT molecular complexity index is 4930. The number of benzene rings is 13. The van der Waals surface area contributed by atoms with Crippen LogP contribution in [0.15, 0.2) is 328 Å². The molecule has 0 bridgehead atoms. The lowest BCUT2D eigenvalue weighted by atomic mass is 10.1. The summed E-state index contributed by atoms with van der Waals surface area (Å²) in [5.41, 5.74) is 9.48. The van der Waals surface area contributed by atoms with Crippen molar-refractivity contribution in [1.29, 1.82) is 0 Å². The third-order valence-corrected chi connectivity index (χ3v) is 28.6. The van der Waals surface area contributed by atoms with Crippen LogP contribution in [-0.2, 0) is 0 Å². The van der Waals surface area contributed by atoms with E-state index in [9.17, 15) is 0 Å². The van der Waals surface area contributed by atoms with Crippen LogP contribution in [0.25, 0.3) is 86.3 Å². The molecule has 390 valence electrons. The molecule has 3 heterocycles. The van der Waals surface area contributed by atoms with Gasteiger partial charge in [0.05, 0.1) is 22.1 Å². The zero-order chi connectivity index (χ0) is 54.9. The number of thiophene rings is 1. The molecule has 0 amide bonds. The maximum atomic E-state index is 2.50. The van der Waals surface area contributed by atoms with Gasteiger partial charge in [-0.25, -0.2) is 0 Å². The first-order chi connectivity index (χ1) is 41.2. The van der Waals surface area contributed by atoms with Crippen molar-refractivity contribution in [3.63, 3.8) is 0 Å². The van der Waals surface area contributed by atoms with E-state index in [1.807, 2.05) is 11.3 Å². The zero-order valence-corrected chi connectivity index (χ0v) is 48.3. The van der Waals surface area contributed by atoms with E-state index in [0.29, 0.717) is 0 Å². The number of hydrogen-bond donors (Lipinski definition) is 0. The van der Waals surface area contributed by atoms with E-state index >= 15 is 0 Å². The van der Waals surface area contributed by atoms with Gasteiger partial charge in [-0.3, -0.25) is 0 Å². The smallest absolute Gasteiger partial charge is 0.181 e. The fourth-order valence-corrected chi connectivity index (χ4v) is 25.3. The lowest BCUT2D eigenvalue weighted by molar-refractivity contribution is 1.17. The summed E-state index contributed by atoms with van der Waals surface area (Å²) >= 11 is 1.93. The summed E-state index contributed by atoms with van der Waals surface area (Å²) in [6.45, 7) is 0. The Labute approximate surface area is 488 Å². The van der Waals surface area contributed by atoms with Gasteiger partial charge in [-0.15, -0.1) is 11.3 Å². The van der Waals surface area contributed by atoms with Crippen molar-refractivity contribution in [2.75, 3.05) is 0 Å². The molecule has 0 unspecified atom stereocenters. The monoisotopic (exact) mass is 1110 g/mol. The fraction of sp³-hybridized carbons (Fsp3) is 0. The number of aromatic nitrogens is 2. The zero-order valence-electron chi connectivity index (χ0n) is 45.5. The molecule has 16 rings (SSSR count). The standard InChI is InChI=1S/C78H54N2SSi2/c1-5-24-59(25-6-1)82(60-26-7-2-8-27-60,65-32-21-23-57(53-65)79-74-40-19-15-35-68(74)71-54-58(47-52-75(71)79)80-72-38-17-13-33-66(72)67-34-14-18-39-73(67)80)63-48-43-55(44-49-63)56-45-50-64(51-46-56)83(61-28-9-3-10-29-61,62-30-11-4-12-31-62)77-42-22-37-70-69-36-16-20-41-76(69)81-78(70)77/h1-54H. The van der Waals surface area contributed by atoms with E-state index in [0.717, 1.165) is 11.4 Å². The van der Waals surface area contributed by atoms with Gasteiger partial charge < -0.3 is 9.13 Å². The first kappa shape index (κ1) is 49.0. The van der Waals surface area contributed by atoms with E-state index in [1.165, 1.54) is 116 Å². The maximum absolute atomic E-state index is 2.99. The van der Waals surface area contributed by atoms with Crippen molar-refractivity contribution >= 4 is 133 Å². The molecule has 0 N–H and O–H groups in total. The topological polar surface area (TPSA) is 9.86 Å². The minimum Gasteiger partial charge on any atom is -0.309 e. The summed E-state index contributed by atoms with van der Waals surface area (Å²) in [5, 5.41) is 18.5. The third kappa shape index (κ3) is 7.66. The van der Waals surface area contributed by atoms with Crippen molar-refractivity contribution in [3.05, 3.63) is 328 Å². The summed E-state index contributed by atoms with van der Waals surface area (Å²) in [7, 11) is -5.86. The molecular formula is C78H54N2SSi2. The van der Waals surface area contributed by atoms with Crippen LogP contribution in [0.5, 0.6) is 0 Å². The lowest BCUT2D eigenvalue weighted by Crippen LogP contribution is -2.74. The fourth-order valence-electron chi connectivity index (χ4n) is 14.0. The van der Waals surface area contributed by atoms with E-state index in [2.05, 4.69) is 337 Å². The van der Waals surface area contributed by atoms with Gasteiger partial charge in [0.2, 0.25) is 0 Å². The number of para-hydroxylation sites is 3. The molecule has 13 aromatic carbocycles. The second-order valence-electron chi connectivity index (χ2n) is 21.9. The molecule has 0 saturated heterocycles. The lowest BCUT2D eigenvalue weighted by Gasteiger charge is -2.35. The molecule has 0 fully saturated rings. The van der Waals surface area contributed by atoms with Gasteiger partial charge >= 0.3 is 0 Å². The molecule has 0 aliphatic carbocycles. The molecule has 0 saturated carbocycles. The highest BCUT2D eigenvalue weighted by molar-refractivity contribution is 7.30. The van der Waals surface area contributed by atoms with Crippen LogP contribution >= 0.6 is 11.3 Å². The van der Waals surface area contributed by atoms with Crippen LogP contribution in [-0.4, -0.2) is 25.3 Å². The molecule has 5 heteroatoms. The van der Waals surface area contributed by atoms with Crippen LogP contribution < -0.4 is 41.5 Å². The van der Waals surface area contributed by atoms with Crippen molar-refractivity contribution < 1.29 is 0 Å². The van der Waals surface area contributed by atoms with E-state index in [4.69, 9.17) is 0 Å². The Kier molecular flexibility index (Phi) is 11.8. The first-order valence-electron chi connectivity index (χ1n) is 28.6. The van der Waals surface area contributed by atoms with Gasteiger partial charge in [0.25, 0.3) is 0 Å². The molecule has 83 heavy (non-hydrogen) atoms. The molecule has 16 aromatic rings. The summed E-state index contributed by atoms with van der Waals surface area (Å²) in [6.07, 6.45) is 0. The molecule has 0 spiro atoms. The Morgan fingerprint density at radius 2 is 0.602 bits per heavy atom. The molecule has 0 aliphatic heterocycles. The predicted molar refractivity (Wildman–Crippen MR) is 361 cm³/mol. The van der Waals surface area contributed by atoms with Gasteiger partial charge in [-0.1, -0.05) is 273 Å². The average Bonchev–Trinajstić information content (AvgIpc) is 4.17. The second kappa shape index (κ2) is 20.0. The highest BCUT2D eigenvalue weighted by Crippen LogP contribution is 2.38. The average molecular weight is 1110 g/mol. The van der Waals surface area contributed by atoms with Gasteiger partial charge in [0, 0.05) is 53.1 Å². The van der Waals surface area contributed by atoms with Crippen molar-refractivity contribution in [1.82, 2.24) is 9.13 Å². The summed E-state index contributed by atoms with van der Waals surface area (Å²) < 4.78 is 7.62. The highest BCUT2D eigenvalue weighted by atomic mass is 32.1. The molecule has 0 atom stereocenters. The van der Waals surface area contributed by atoms with Gasteiger partial charge in [0.15, 0.2) is 16.1 Å². The van der Waals surface area contributed by atoms with Crippen LogP contribution in [0.4, 0.5) is 0 Å². The number of rotatable bonds is 11. The molecular weight excluding hydrogens is 1050 g/mol. The largest absolute Gasteiger partial charge is 0.309 e. The Morgan fingerprint density at radius 3 is 1.13 bits per heavy atom. The molecule has 0 aliphatic rings. The Morgan fingerprint density at radius 1 is 0.229 bits per heavy atom. The third-order valence-electron chi connectivity index (χ3n) is 17.6. The van der Waals surface area contributed by atoms with Crippen molar-refractivity contribution in [3.8, 4) is 22.5 Å². The maximum Gasteiger partial charge on any atom is 0.181 e. The first-order valence-corrected chi connectivity index (χ1v) is 33.5. The molecule has 2 nitrogen and oxygen atoms in total. The van der Waals surface area contributed by atoms with E-state index in [-0.39, 0.29) is 0 Å². The second-order valence-corrected chi connectivity index (χ2v) is 30.5. The predicted octanol–water partition coefficient (Wildman–Crippen LogP) is 14.7. The van der Waals surface area contributed by atoms with Crippen LogP contribution in [0.3, 0.4) is 0 Å². The van der Waals surface area contributed by atoms with Gasteiger partial charge in [0.1, 0.15) is 0 Å². The van der Waals surface area contributed by atoms with E-state index in [1.54, 1.807) is 0 Å². The Balaban J connectivity index is 0.838. The summed E-state index contributed by atoms with van der Waals surface area (Å²) in [5.74, 6) is 0. The van der Waals surface area contributed by atoms with Crippen LogP contribution in [0.2, 0.25) is 0 Å². The van der Waals surface area contributed by atoms with E-state index < -0.39 is 16.1 Å². The SMILES string of the molecule is c1ccc([Si](c2ccccc2)(c2ccc(-c3ccc([Si](c4ccccc4)(c4ccccc4)c4cccc5c4sc4ccccc45)cc3)cc2)c2cccc(-n3c4ccccc4c4cc(-n5c6ccccc6c6ccccc65)ccc43)c2)cc1. The number of hydrogen-bond acceptors (Lipinski definition) is 1. The van der Waals surface area contributed by atoms with Crippen molar-refractivity contribution in [2.24, 2.45) is 0 Å². The summed E-state index contributed by atoms with van der Waals surface area (Å²) in [6, 6.07) is 124. The molecule has 0 radical (unpaired) electrons. The number of fused-ring (bicyclic) bond motifs is 9. The minimum atomic E-state index is -2.99. The van der Waals surface area contributed by atoms with Crippen molar-refractivity contribution in [2.45, 2.75) is 0 Å². The van der Waals surface area contributed by atoms with Crippen LogP contribution in [0.1, 0.15) is 0 Å². The Hall–Kier alpha value is -9.89. The minimum absolute atomic E-state index is 1.15. The molecule has 3 aromatic heterocycles. The number of nitrogens with zero attached hydrogens (tertiary/aromatic N) is 2. The highest BCUT2D eigenvalue weighted by Gasteiger charge is 2.44. The normalized spacial score (nSPS) is 12.1. The van der Waals surface area contributed by atoms with Gasteiger partial charge in [-0.2, -0.15) is 0 Å². The van der Waals surface area contributed by atoms with Gasteiger partial charge in [-0.05, 0) is 107 Å². The van der Waals surface area contributed by atoms with Crippen LogP contribution in [0, 0.1) is 0 Å². The quantitative estimate of drug-likeness (QED) is 0.0902.